The van der Waals surface area contributed by atoms with Gasteiger partial charge in [-0.3, -0.25) is 24.2 Å². The van der Waals surface area contributed by atoms with Crippen LogP contribution in [0, 0.1) is 11.7 Å². The second-order valence-electron chi connectivity index (χ2n) is 10.2. The molecule has 5 rings (SSSR count). The molecule has 1 unspecified atom stereocenters. The fourth-order valence-corrected chi connectivity index (χ4v) is 5.68. The number of amides is 2. The van der Waals surface area contributed by atoms with Crippen molar-refractivity contribution in [3.8, 4) is 0 Å². The first kappa shape index (κ1) is 29.9. The average Bonchev–Trinajstić information content (AvgIpc) is 2.95. The van der Waals surface area contributed by atoms with Gasteiger partial charge in [0.05, 0.1) is 19.1 Å². The maximum atomic E-state index is 13.2. The summed E-state index contributed by atoms with van der Waals surface area (Å²) in [7, 11) is 0. The second kappa shape index (κ2) is 13.5. The molecule has 2 saturated heterocycles. The van der Waals surface area contributed by atoms with Crippen LogP contribution in [0.1, 0.15) is 40.4 Å². The van der Waals surface area contributed by atoms with E-state index in [0.29, 0.717) is 49.6 Å². The van der Waals surface area contributed by atoms with Crippen LogP contribution in [0.3, 0.4) is 0 Å². The van der Waals surface area contributed by atoms with Crippen LogP contribution in [-0.4, -0.2) is 71.6 Å². The first-order valence-corrected chi connectivity index (χ1v) is 13.7. The zero-order valence-electron chi connectivity index (χ0n) is 22.0. The summed E-state index contributed by atoms with van der Waals surface area (Å²) in [6.45, 7) is 2.62. The number of imide groups is 1. The number of benzene rings is 3. The van der Waals surface area contributed by atoms with Crippen molar-refractivity contribution in [2.24, 2.45) is 5.92 Å². The summed E-state index contributed by atoms with van der Waals surface area (Å²) in [4.78, 5) is 44.6. The maximum absolute atomic E-state index is 13.2. The number of ketones is 1. The van der Waals surface area contributed by atoms with Crippen LogP contribution in [0.2, 0.25) is 5.02 Å². The molecule has 0 saturated carbocycles. The Labute approximate surface area is 245 Å². The van der Waals surface area contributed by atoms with Gasteiger partial charge in [-0.2, -0.15) is 0 Å². The number of piperidine rings is 1. The minimum Gasteiger partial charge on any atom is -0.302 e. The molecule has 2 aliphatic heterocycles. The Morgan fingerprint density at radius 2 is 1.40 bits per heavy atom. The van der Waals surface area contributed by atoms with Crippen LogP contribution in [0.15, 0.2) is 78.9 Å². The van der Waals surface area contributed by atoms with Crippen LogP contribution >= 0.6 is 24.0 Å². The SMILES string of the molecule is Cl.O=C(c1ccc(F)cc1)C1CCN(CCN2C(=O)CN(C(c3ccccc3)c3ccc(Cl)cc3)CC2=O)CC1. The van der Waals surface area contributed by atoms with Crippen molar-refractivity contribution in [1.29, 1.82) is 0 Å². The predicted octanol–water partition coefficient (Wildman–Crippen LogP) is 5.26. The van der Waals surface area contributed by atoms with Gasteiger partial charge < -0.3 is 4.90 Å². The van der Waals surface area contributed by atoms with Crippen LogP contribution in [0.25, 0.3) is 0 Å². The first-order chi connectivity index (χ1) is 18.9. The molecule has 9 heteroatoms. The summed E-state index contributed by atoms with van der Waals surface area (Å²) in [5.41, 5.74) is 2.51. The van der Waals surface area contributed by atoms with E-state index in [-0.39, 0.29) is 60.9 Å². The average molecular weight is 585 g/mol. The van der Waals surface area contributed by atoms with E-state index >= 15 is 0 Å². The third kappa shape index (κ3) is 6.96. The minimum atomic E-state index is -0.355. The summed E-state index contributed by atoms with van der Waals surface area (Å²) in [6.07, 6.45) is 1.40. The highest BCUT2D eigenvalue weighted by Crippen LogP contribution is 2.31. The number of rotatable bonds is 8. The predicted molar refractivity (Wildman–Crippen MR) is 155 cm³/mol. The molecular weight excluding hydrogens is 552 g/mol. The fourth-order valence-electron chi connectivity index (χ4n) is 5.55. The molecule has 2 fully saturated rings. The normalized spacial score (nSPS) is 17.9. The van der Waals surface area contributed by atoms with Crippen molar-refractivity contribution in [3.63, 3.8) is 0 Å². The van der Waals surface area contributed by atoms with Gasteiger partial charge in [-0.25, -0.2) is 4.39 Å². The van der Waals surface area contributed by atoms with Gasteiger partial charge in [0.2, 0.25) is 11.8 Å². The quantitative estimate of drug-likeness (QED) is 0.267. The highest BCUT2D eigenvalue weighted by Gasteiger charge is 2.36. The summed E-state index contributed by atoms with van der Waals surface area (Å²) in [5.74, 6) is -0.817. The van der Waals surface area contributed by atoms with E-state index in [0.717, 1.165) is 11.1 Å². The number of piperazine rings is 1. The molecule has 2 amide bonds. The van der Waals surface area contributed by atoms with Gasteiger partial charge in [0, 0.05) is 29.6 Å². The molecule has 0 aromatic heterocycles. The van der Waals surface area contributed by atoms with Gasteiger partial charge in [-0.05, 0) is 73.5 Å². The number of carbonyl (C=O) groups is 3. The second-order valence-corrected chi connectivity index (χ2v) is 10.6. The Morgan fingerprint density at radius 3 is 2.00 bits per heavy atom. The Bertz CT molecular complexity index is 1300. The monoisotopic (exact) mass is 583 g/mol. The molecule has 1 atom stereocenters. The van der Waals surface area contributed by atoms with E-state index < -0.39 is 0 Å². The molecule has 6 nitrogen and oxygen atoms in total. The topological polar surface area (TPSA) is 60.9 Å². The summed E-state index contributed by atoms with van der Waals surface area (Å²) in [6, 6.07) is 22.8. The Morgan fingerprint density at radius 1 is 0.825 bits per heavy atom. The molecular formula is C31H32Cl2FN3O3. The van der Waals surface area contributed by atoms with Crippen molar-refractivity contribution in [3.05, 3.63) is 106 Å². The van der Waals surface area contributed by atoms with E-state index in [4.69, 9.17) is 11.6 Å². The number of carbonyl (C=O) groups excluding carboxylic acids is 3. The lowest BCUT2D eigenvalue weighted by atomic mass is 9.89. The van der Waals surface area contributed by atoms with Crippen molar-refractivity contribution in [2.45, 2.75) is 18.9 Å². The number of hydrogen-bond acceptors (Lipinski definition) is 5. The zero-order chi connectivity index (χ0) is 27.4. The van der Waals surface area contributed by atoms with E-state index in [1.54, 1.807) is 0 Å². The number of nitrogens with zero attached hydrogens (tertiary/aromatic N) is 3. The molecule has 3 aromatic rings. The maximum Gasteiger partial charge on any atom is 0.243 e. The molecule has 0 N–H and O–H groups in total. The summed E-state index contributed by atoms with van der Waals surface area (Å²) >= 11 is 6.11. The third-order valence-electron chi connectivity index (χ3n) is 7.67. The van der Waals surface area contributed by atoms with Crippen LogP contribution in [0.4, 0.5) is 4.39 Å². The van der Waals surface area contributed by atoms with Crippen LogP contribution in [0.5, 0.6) is 0 Å². The minimum absolute atomic E-state index is 0. The van der Waals surface area contributed by atoms with Gasteiger partial charge in [-0.15, -0.1) is 12.4 Å². The molecule has 0 spiro atoms. The molecule has 0 radical (unpaired) electrons. The Hall–Kier alpha value is -3.10. The number of likely N-dealkylation sites (tertiary alicyclic amines) is 1. The van der Waals surface area contributed by atoms with E-state index in [9.17, 15) is 18.8 Å². The molecule has 40 heavy (non-hydrogen) atoms. The molecule has 2 heterocycles. The fraction of sp³-hybridized carbons (Fsp3) is 0.323. The third-order valence-corrected chi connectivity index (χ3v) is 7.92. The van der Waals surface area contributed by atoms with Crippen molar-refractivity contribution >= 4 is 41.6 Å². The summed E-state index contributed by atoms with van der Waals surface area (Å²) in [5, 5.41) is 0.631. The highest BCUT2D eigenvalue weighted by molar-refractivity contribution is 6.30. The van der Waals surface area contributed by atoms with Crippen LogP contribution < -0.4 is 0 Å². The van der Waals surface area contributed by atoms with Crippen molar-refractivity contribution in [2.75, 3.05) is 39.3 Å². The lowest BCUT2D eigenvalue weighted by Crippen LogP contribution is -2.56. The standard InChI is InChI=1S/C31H31ClFN3O3.ClH/c32-26-10-6-23(7-11-26)30(22-4-2-1-3-5-22)35-20-28(37)36(29(38)21-35)19-18-34-16-14-25(15-17-34)31(39)24-8-12-27(33)13-9-24;/h1-13,25,30H,14-21H2;1H. The van der Waals surface area contributed by atoms with E-state index in [1.165, 1.54) is 29.2 Å². The van der Waals surface area contributed by atoms with Gasteiger partial charge in [0.1, 0.15) is 5.82 Å². The molecule has 3 aromatic carbocycles. The van der Waals surface area contributed by atoms with Gasteiger partial charge in [0.25, 0.3) is 0 Å². The lowest BCUT2D eigenvalue weighted by Gasteiger charge is -2.39. The van der Waals surface area contributed by atoms with Gasteiger partial charge in [0.15, 0.2) is 5.78 Å². The lowest BCUT2D eigenvalue weighted by molar-refractivity contribution is -0.152. The van der Waals surface area contributed by atoms with E-state index in [2.05, 4.69) is 4.90 Å². The smallest absolute Gasteiger partial charge is 0.243 e. The van der Waals surface area contributed by atoms with Crippen molar-refractivity contribution in [1.82, 2.24) is 14.7 Å². The number of hydrogen-bond donors (Lipinski definition) is 0. The Kier molecular flexibility index (Phi) is 10.1. The molecule has 210 valence electrons. The van der Waals surface area contributed by atoms with Gasteiger partial charge >= 0.3 is 0 Å². The van der Waals surface area contributed by atoms with Crippen LogP contribution in [-0.2, 0) is 9.59 Å². The molecule has 0 aliphatic carbocycles. The van der Waals surface area contributed by atoms with E-state index in [1.807, 2.05) is 59.5 Å². The summed E-state index contributed by atoms with van der Waals surface area (Å²) < 4.78 is 13.2. The number of Topliss-reactive ketones (excluding diaryl/α,β-unsaturated/α-hetero) is 1. The number of halogens is 3. The molecule has 0 bridgehead atoms. The highest BCUT2D eigenvalue weighted by atomic mass is 35.5. The Balaban J connectivity index is 0.00000370. The largest absolute Gasteiger partial charge is 0.302 e. The zero-order valence-corrected chi connectivity index (χ0v) is 23.6. The van der Waals surface area contributed by atoms with Crippen molar-refractivity contribution < 1.29 is 18.8 Å². The van der Waals surface area contributed by atoms with Gasteiger partial charge in [-0.1, -0.05) is 54.1 Å². The molecule has 2 aliphatic rings. The first-order valence-electron chi connectivity index (χ1n) is 13.3.